The van der Waals surface area contributed by atoms with Gasteiger partial charge in [0, 0.05) is 24.7 Å². The number of hydrogen-bond acceptors (Lipinski definition) is 5. The summed E-state index contributed by atoms with van der Waals surface area (Å²) in [6.45, 7) is 4.09. The van der Waals surface area contributed by atoms with Crippen molar-refractivity contribution in [2.45, 2.75) is 38.8 Å². The maximum Gasteiger partial charge on any atom is 0.251 e. The summed E-state index contributed by atoms with van der Waals surface area (Å²) in [5.74, 6) is 0.794. The number of carbonyl (C=O) groups is 1. The van der Waals surface area contributed by atoms with Gasteiger partial charge in [0.25, 0.3) is 5.56 Å². The molecule has 1 fully saturated rings. The summed E-state index contributed by atoms with van der Waals surface area (Å²) in [7, 11) is 0. The zero-order valence-corrected chi connectivity index (χ0v) is 16.2. The highest BCUT2D eigenvalue weighted by Crippen LogP contribution is 2.21. The second kappa shape index (κ2) is 10.3. The van der Waals surface area contributed by atoms with E-state index in [4.69, 9.17) is 0 Å². The van der Waals surface area contributed by atoms with Crippen LogP contribution in [0.4, 0.5) is 0 Å². The average molecular weight is 403 g/mol. The van der Waals surface area contributed by atoms with E-state index in [-0.39, 0.29) is 49.4 Å². The van der Waals surface area contributed by atoms with Gasteiger partial charge in [0.15, 0.2) is 0 Å². The van der Waals surface area contributed by atoms with Crippen LogP contribution in [0.1, 0.15) is 36.0 Å². The first kappa shape index (κ1) is 22.1. The number of carbonyl (C=O) groups excluding carboxylic acids is 1. The van der Waals surface area contributed by atoms with Gasteiger partial charge in [0.2, 0.25) is 5.91 Å². The number of H-pyrrole nitrogens is 1. The van der Waals surface area contributed by atoms with Gasteiger partial charge < -0.3 is 15.6 Å². The van der Waals surface area contributed by atoms with E-state index in [0.717, 1.165) is 31.6 Å². The average Bonchev–Trinajstić information content (AvgIpc) is 3.01. The number of nitrogens with zero attached hydrogens (tertiary/aromatic N) is 3. The van der Waals surface area contributed by atoms with Crippen molar-refractivity contribution in [2.75, 3.05) is 13.1 Å². The second-order valence-electron chi connectivity index (χ2n) is 6.08. The van der Waals surface area contributed by atoms with Crippen molar-refractivity contribution < 1.29 is 4.79 Å². The third kappa shape index (κ3) is 6.12. The lowest BCUT2D eigenvalue weighted by Crippen LogP contribution is -2.29. The molecule has 0 aliphatic carbocycles. The van der Waals surface area contributed by atoms with Crippen LogP contribution in [0.3, 0.4) is 0 Å². The molecule has 8 nitrogen and oxygen atoms in total. The number of hydrogen-bond donors (Lipinski definition) is 3. The Morgan fingerprint density at radius 3 is 2.92 bits per heavy atom. The van der Waals surface area contributed by atoms with Gasteiger partial charge in [-0.2, -0.15) is 5.10 Å². The summed E-state index contributed by atoms with van der Waals surface area (Å²) in [4.78, 5) is 30.2. The van der Waals surface area contributed by atoms with Crippen LogP contribution in [0.5, 0.6) is 0 Å². The van der Waals surface area contributed by atoms with Crippen LogP contribution in [0, 0.1) is 6.92 Å². The van der Waals surface area contributed by atoms with E-state index in [2.05, 4.69) is 25.7 Å². The van der Waals surface area contributed by atoms with Gasteiger partial charge >= 0.3 is 0 Å². The lowest BCUT2D eigenvalue weighted by atomic mass is 9.97. The molecule has 0 saturated carbocycles. The van der Waals surface area contributed by atoms with Crippen molar-refractivity contribution in [3.8, 4) is 0 Å². The van der Waals surface area contributed by atoms with Crippen LogP contribution in [0.25, 0.3) is 0 Å². The van der Waals surface area contributed by atoms with Crippen LogP contribution in [-0.4, -0.2) is 38.7 Å². The Balaban J connectivity index is 0.00000169. The summed E-state index contributed by atoms with van der Waals surface area (Å²) in [6, 6.07) is 3.36. The number of aryl methyl sites for hydroxylation is 1. The summed E-state index contributed by atoms with van der Waals surface area (Å²) in [5.41, 5.74) is 1.35. The van der Waals surface area contributed by atoms with Crippen molar-refractivity contribution in [3.63, 3.8) is 0 Å². The number of aromatic amines is 1. The molecule has 3 rings (SSSR count). The molecule has 0 spiro atoms. The van der Waals surface area contributed by atoms with Crippen LogP contribution in [0.2, 0.25) is 0 Å². The van der Waals surface area contributed by atoms with Gasteiger partial charge in [-0.05, 0) is 32.4 Å². The molecule has 3 heterocycles. The highest BCUT2D eigenvalue weighted by molar-refractivity contribution is 5.85. The molecular weight excluding hydrogens is 379 g/mol. The third-order valence-corrected chi connectivity index (χ3v) is 4.06. The molecule has 2 aromatic rings. The van der Waals surface area contributed by atoms with Crippen LogP contribution in [-0.2, 0) is 17.9 Å². The molecule has 3 N–H and O–H groups in total. The Bertz CT molecular complexity index is 770. The van der Waals surface area contributed by atoms with E-state index in [1.807, 2.05) is 12.3 Å². The smallest absolute Gasteiger partial charge is 0.251 e. The zero-order valence-electron chi connectivity index (χ0n) is 14.5. The van der Waals surface area contributed by atoms with E-state index >= 15 is 0 Å². The van der Waals surface area contributed by atoms with Crippen molar-refractivity contribution in [1.29, 1.82) is 0 Å². The molecule has 0 bridgehead atoms. The van der Waals surface area contributed by atoms with Crippen molar-refractivity contribution in [3.05, 3.63) is 45.9 Å². The topological polar surface area (TPSA) is 105 Å². The minimum absolute atomic E-state index is 0. The first-order chi connectivity index (χ1) is 11.6. The Labute approximate surface area is 164 Å². The molecule has 1 amide bonds. The van der Waals surface area contributed by atoms with E-state index in [0.29, 0.717) is 17.4 Å². The quantitative estimate of drug-likeness (QED) is 0.688. The van der Waals surface area contributed by atoms with Gasteiger partial charge in [0.1, 0.15) is 12.4 Å². The molecule has 1 saturated heterocycles. The fraction of sp³-hybridized carbons (Fsp3) is 0.500. The van der Waals surface area contributed by atoms with Gasteiger partial charge in [-0.3, -0.25) is 14.3 Å². The Kier molecular flexibility index (Phi) is 8.77. The molecule has 10 heteroatoms. The minimum atomic E-state index is -0.218. The van der Waals surface area contributed by atoms with E-state index in [1.165, 1.54) is 6.07 Å². The van der Waals surface area contributed by atoms with Crippen LogP contribution >= 0.6 is 24.8 Å². The van der Waals surface area contributed by atoms with Crippen molar-refractivity contribution in [1.82, 2.24) is 30.4 Å². The molecule has 1 aliphatic rings. The summed E-state index contributed by atoms with van der Waals surface area (Å²) in [5, 5.41) is 10.6. The van der Waals surface area contributed by atoms with E-state index in [1.54, 1.807) is 11.6 Å². The highest BCUT2D eigenvalue weighted by Gasteiger charge is 2.17. The molecular formula is C16H24Cl2N6O2. The fourth-order valence-electron chi connectivity index (χ4n) is 2.91. The van der Waals surface area contributed by atoms with Crippen LogP contribution in [0.15, 0.2) is 23.1 Å². The Morgan fingerprint density at radius 1 is 1.42 bits per heavy atom. The summed E-state index contributed by atoms with van der Waals surface area (Å²) < 4.78 is 1.65. The molecule has 0 aromatic carbocycles. The van der Waals surface area contributed by atoms with Crippen molar-refractivity contribution >= 4 is 30.7 Å². The molecule has 26 heavy (non-hydrogen) atoms. The number of nitrogens with one attached hydrogen (secondary N) is 3. The maximum absolute atomic E-state index is 12.0. The number of halogens is 2. The largest absolute Gasteiger partial charge is 0.349 e. The summed E-state index contributed by atoms with van der Waals surface area (Å²) >= 11 is 0. The lowest BCUT2D eigenvalue weighted by molar-refractivity contribution is -0.122. The van der Waals surface area contributed by atoms with Gasteiger partial charge in [-0.1, -0.05) is 0 Å². The molecule has 144 valence electrons. The predicted molar refractivity (Wildman–Crippen MR) is 103 cm³/mol. The van der Waals surface area contributed by atoms with Crippen LogP contribution < -0.4 is 16.2 Å². The molecule has 1 aliphatic heterocycles. The highest BCUT2D eigenvalue weighted by atomic mass is 35.5. The molecule has 2 aromatic heterocycles. The monoisotopic (exact) mass is 402 g/mol. The maximum atomic E-state index is 12.0. The molecule has 1 unspecified atom stereocenters. The number of piperidine rings is 1. The fourth-order valence-corrected chi connectivity index (χ4v) is 2.91. The number of rotatable bonds is 5. The first-order valence-electron chi connectivity index (χ1n) is 8.18. The normalized spacial score (nSPS) is 16.3. The van der Waals surface area contributed by atoms with E-state index in [9.17, 15) is 9.59 Å². The zero-order chi connectivity index (χ0) is 16.9. The van der Waals surface area contributed by atoms with Gasteiger partial charge in [-0.15, -0.1) is 24.8 Å². The van der Waals surface area contributed by atoms with Gasteiger partial charge in [-0.25, -0.2) is 4.98 Å². The van der Waals surface area contributed by atoms with Gasteiger partial charge in [0.05, 0.1) is 17.9 Å². The summed E-state index contributed by atoms with van der Waals surface area (Å²) in [6.07, 6.45) is 4.11. The number of amides is 1. The Morgan fingerprint density at radius 2 is 2.23 bits per heavy atom. The number of aromatic nitrogens is 4. The Hall–Kier alpha value is -1.90. The van der Waals surface area contributed by atoms with Crippen molar-refractivity contribution in [2.24, 2.45) is 0 Å². The lowest BCUT2D eigenvalue weighted by Gasteiger charge is -2.20. The molecule has 1 atom stereocenters. The second-order valence-corrected chi connectivity index (χ2v) is 6.08. The van der Waals surface area contributed by atoms with E-state index < -0.39 is 0 Å². The first-order valence-corrected chi connectivity index (χ1v) is 8.18. The SMILES string of the molecule is Cc1nc(CNC(=O)Cn2ccc(C3CCCNC3)n2)cc(=O)[nH]1.Cl.Cl. The predicted octanol–water partition coefficient (Wildman–Crippen LogP) is 0.902. The minimum Gasteiger partial charge on any atom is -0.349 e. The third-order valence-electron chi connectivity index (χ3n) is 4.06. The molecule has 0 radical (unpaired) electrons. The standard InChI is InChI=1S/C16H22N6O2.2ClH/c1-11-19-13(7-15(23)20-11)9-18-16(24)10-22-6-4-14(21-22)12-3-2-5-17-8-12;;/h4,6-7,12,17H,2-3,5,8-10H2,1H3,(H,18,24)(H,19,20,23);2*1H.